The maximum atomic E-state index is 11.7. The smallest absolute Gasteiger partial charge is 0.339 e. The highest BCUT2D eigenvalue weighted by molar-refractivity contribution is 5.90. The molecule has 0 fully saturated rings. The Morgan fingerprint density at radius 1 is 1.13 bits per heavy atom. The number of carbonyl (C=O) groups excluding carboxylic acids is 1. The second-order valence-corrected chi connectivity index (χ2v) is 6.05. The molecule has 2 rings (SSSR count). The van der Waals surface area contributed by atoms with E-state index in [0.29, 0.717) is 12.2 Å². The molecule has 1 aromatic heterocycles. The highest BCUT2D eigenvalue weighted by Gasteiger charge is 2.11. The van der Waals surface area contributed by atoms with Gasteiger partial charge >= 0.3 is 5.97 Å². The van der Waals surface area contributed by atoms with Crippen molar-refractivity contribution in [2.24, 2.45) is 0 Å². The van der Waals surface area contributed by atoms with Crippen LogP contribution in [0.15, 0.2) is 42.7 Å². The Morgan fingerprint density at radius 2 is 1.83 bits per heavy atom. The molecule has 0 saturated heterocycles. The molecule has 0 aliphatic rings. The summed E-state index contributed by atoms with van der Waals surface area (Å²) in [5.41, 5.74) is 1.80. The summed E-state index contributed by atoms with van der Waals surface area (Å²) in [7, 11) is 0. The number of nitrogens with zero attached hydrogens (tertiary/aromatic N) is 1. The minimum atomic E-state index is -0.377. The molecule has 5 nitrogen and oxygen atoms in total. The number of benzene rings is 1. The van der Waals surface area contributed by atoms with Crippen LogP contribution in [0.4, 0.5) is 11.4 Å². The largest absolute Gasteiger partial charge is 0.488 e. The van der Waals surface area contributed by atoms with Gasteiger partial charge in [-0.1, -0.05) is 0 Å². The lowest BCUT2D eigenvalue weighted by Crippen LogP contribution is -2.22. The molecule has 0 aliphatic carbocycles. The van der Waals surface area contributed by atoms with Crippen molar-refractivity contribution in [2.45, 2.75) is 33.3 Å². The first kappa shape index (κ1) is 16.8. The van der Waals surface area contributed by atoms with Gasteiger partial charge in [0.1, 0.15) is 11.4 Å². The topological polar surface area (TPSA) is 60.5 Å². The third-order valence-corrected chi connectivity index (χ3v) is 2.82. The van der Waals surface area contributed by atoms with E-state index in [9.17, 15) is 4.79 Å². The van der Waals surface area contributed by atoms with E-state index >= 15 is 0 Å². The fourth-order valence-corrected chi connectivity index (χ4v) is 1.96. The van der Waals surface area contributed by atoms with Gasteiger partial charge in [-0.25, -0.2) is 4.79 Å². The molecular formula is C18H22N2O3. The molecule has 0 atom stereocenters. The van der Waals surface area contributed by atoms with Crippen molar-refractivity contribution in [3.8, 4) is 5.75 Å². The van der Waals surface area contributed by atoms with Gasteiger partial charge in [0, 0.05) is 11.9 Å². The van der Waals surface area contributed by atoms with Crippen LogP contribution >= 0.6 is 0 Å². The number of rotatable bonds is 5. The standard InChI is InChI=1S/C18H22N2O3/c1-5-22-17(21)13-10-15(12-19-11-13)20-14-6-8-16(9-7-14)23-18(2,3)4/h6-12,20H,5H2,1-4H3. The number of carbonyl (C=O) groups is 1. The third kappa shape index (κ3) is 5.29. The number of hydrogen-bond acceptors (Lipinski definition) is 5. The normalized spacial score (nSPS) is 11.0. The van der Waals surface area contributed by atoms with Crippen LogP contribution in [0.5, 0.6) is 5.75 Å². The summed E-state index contributed by atoms with van der Waals surface area (Å²) in [6.07, 6.45) is 3.14. The Hall–Kier alpha value is -2.56. The van der Waals surface area contributed by atoms with Crippen molar-refractivity contribution in [1.82, 2.24) is 4.98 Å². The van der Waals surface area contributed by atoms with Gasteiger partial charge in [-0.2, -0.15) is 0 Å². The van der Waals surface area contributed by atoms with E-state index in [0.717, 1.165) is 17.1 Å². The molecule has 122 valence electrons. The first-order chi connectivity index (χ1) is 10.9. The molecule has 0 spiro atoms. The number of esters is 1. The third-order valence-electron chi connectivity index (χ3n) is 2.82. The summed E-state index contributed by atoms with van der Waals surface area (Å²) >= 11 is 0. The zero-order valence-corrected chi connectivity index (χ0v) is 13.9. The van der Waals surface area contributed by atoms with E-state index < -0.39 is 0 Å². The molecule has 0 amide bonds. The van der Waals surface area contributed by atoms with Crippen LogP contribution in [0.25, 0.3) is 0 Å². The van der Waals surface area contributed by atoms with Crippen molar-refractivity contribution in [3.63, 3.8) is 0 Å². The first-order valence-electron chi connectivity index (χ1n) is 7.55. The number of ether oxygens (including phenoxy) is 2. The van der Waals surface area contributed by atoms with Crippen molar-refractivity contribution >= 4 is 17.3 Å². The molecule has 5 heteroatoms. The highest BCUT2D eigenvalue weighted by Crippen LogP contribution is 2.23. The van der Waals surface area contributed by atoms with E-state index in [-0.39, 0.29) is 11.6 Å². The fraction of sp³-hybridized carbons (Fsp3) is 0.333. The van der Waals surface area contributed by atoms with Crippen LogP contribution in [0.1, 0.15) is 38.1 Å². The molecule has 2 aromatic rings. The monoisotopic (exact) mass is 314 g/mol. The zero-order valence-electron chi connectivity index (χ0n) is 13.9. The molecule has 1 heterocycles. The van der Waals surface area contributed by atoms with Crippen molar-refractivity contribution < 1.29 is 14.3 Å². The second kappa shape index (κ2) is 7.13. The molecule has 1 N–H and O–H groups in total. The number of aromatic nitrogens is 1. The van der Waals surface area contributed by atoms with Gasteiger partial charge in [0.25, 0.3) is 0 Å². The number of hydrogen-bond donors (Lipinski definition) is 1. The lowest BCUT2D eigenvalue weighted by atomic mass is 10.2. The van der Waals surface area contributed by atoms with E-state index in [1.165, 1.54) is 6.20 Å². The summed E-state index contributed by atoms with van der Waals surface area (Å²) in [6, 6.07) is 9.34. The van der Waals surface area contributed by atoms with E-state index in [2.05, 4.69) is 10.3 Å². The maximum absolute atomic E-state index is 11.7. The number of nitrogens with one attached hydrogen (secondary N) is 1. The van der Waals surface area contributed by atoms with Crippen LogP contribution in [0, 0.1) is 0 Å². The fourth-order valence-electron chi connectivity index (χ4n) is 1.96. The van der Waals surface area contributed by atoms with Crippen LogP contribution < -0.4 is 10.1 Å². The van der Waals surface area contributed by atoms with Gasteiger partial charge in [0.05, 0.1) is 24.1 Å². The average molecular weight is 314 g/mol. The van der Waals surface area contributed by atoms with Crippen molar-refractivity contribution in [1.29, 1.82) is 0 Å². The zero-order chi connectivity index (χ0) is 16.9. The van der Waals surface area contributed by atoms with Gasteiger partial charge in [0.2, 0.25) is 0 Å². The summed E-state index contributed by atoms with van der Waals surface area (Å²) in [4.78, 5) is 15.8. The Kier molecular flexibility index (Phi) is 5.21. The van der Waals surface area contributed by atoms with Crippen LogP contribution in [0.3, 0.4) is 0 Å². The lowest BCUT2D eigenvalue weighted by Gasteiger charge is -2.21. The molecule has 0 radical (unpaired) electrons. The van der Waals surface area contributed by atoms with Gasteiger partial charge in [0.15, 0.2) is 0 Å². The van der Waals surface area contributed by atoms with E-state index in [1.54, 1.807) is 19.2 Å². The van der Waals surface area contributed by atoms with Gasteiger partial charge in [-0.15, -0.1) is 0 Å². The van der Waals surface area contributed by atoms with Gasteiger partial charge in [-0.05, 0) is 58.0 Å². The van der Waals surface area contributed by atoms with Crippen LogP contribution in [-0.4, -0.2) is 23.2 Å². The minimum absolute atomic E-state index is 0.229. The van der Waals surface area contributed by atoms with Crippen LogP contribution in [-0.2, 0) is 4.74 Å². The molecule has 0 unspecified atom stereocenters. The van der Waals surface area contributed by atoms with Crippen molar-refractivity contribution in [3.05, 3.63) is 48.3 Å². The lowest BCUT2D eigenvalue weighted by molar-refractivity contribution is 0.0526. The number of pyridine rings is 1. The number of anilines is 2. The Bertz CT molecular complexity index is 661. The second-order valence-electron chi connectivity index (χ2n) is 6.05. The molecular weight excluding hydrogens is 292 g/mol. The predicted molar refractivity (Wildman–Crippen MR) is 90.3 cm³/mol. The molecule has 0 bridgehead atoms. The Morgan fingerprint density at radius 3 is 2.43 bits per heavy atom. The minimum Gasteiger partial charge on any atom is -0.488 e. The summed E-state index contributed by atoms with van der Waals surface area (Å²) in [6.45, 7) is 8.13. The Labute approximate surface area is 136 Å². The average Bonchev–Trinajstić information content (AvgIpc) is 2.48. The quantitative estimate of drug-likeness (QED) is 0.839. The maximum Gasteiger partial charge on any atom is 0.339 e. The van der Waals surface area contributed by atoms with Crippen LogP contribution in [0.2, 0.25) is 0 Å². The summed E-state index contributed by atoms with van der Waals surface area (Å²) in [5.74, 6) is 0.430. The molecule has 0 aliphatic heterocycles. The van der Waals surface area contributed by atoms with Crippen molar-refractivity contribution in [2.75, 3.05) is 11.9 Å². The van der Waals surface area contributed by atoms with Gasteiger partial charge < -0.3 is 14.8 Å². The molecule has 23 heavy (non-hydrogen) atoms. The van der Waals surface area contributed by atoms with Gasteiger partial charge in [-0.3, -0.25) is 4.98 Å². The van der Waals surface area contributed by atoms with E-state index in [1.807, 2.05) is 45.0 Å². The predicted octanol–water partition coefficient (Wildman–Crippen LogP) is 4.18. The first-order valence-corrected chi connectivity index (χ1v) is 7.55. The highest BCUT2D eigenvalue weighted by atomic mass is 16.5. The molecule has 0 saturated carbocycles. The summed E-state index contributed by atoms with van der Waals surface area (Å²) in [5, 5.41) is 3.21. The molecule has 1 aromatic carbocycles. The summed E-state index contributed by atoms with van der Waals surface area (Å²) < 4.78 is 10.8. The SMILES string of the molecule is CCOC(=O)c1cncc(Nc2ccc(OC(C)(C)C)cc2)c1. The van der Waals surface area contributed by atoms with E-state index in [4.69, 9.17) is 9.47 Å². The Balaban J connectivity index is 2.07.